The van der Waals surface area contributed by atoms with Crippen LogP contribution in [0, 0.1) is 12.3 Å². The van der Waals surface area contributed by atoms with Gasteiger partial charge in [0, 0.05) is 6.04 Å². The van der Waals surface area contributed by atoms with Crippen molar-refractivity contribution in [3.05, 3.63) is 59.5 Å². The molecule has 0 aliphatic heterocycles. The van der Waals surface area contributed by atoms with Gasteiger partial charge in [0.2, 0.25) is 0 Å². The topological polar surface area (TPSA) is 25.2 Å². The van der Waals surface area contributed by atoms with Crippen LogP contribution in [0.3, 0.4) is 0 Å². The Hall–Kier alpha value is -1.54. The fourth-order valence-corrected chi connectivity index (χ4v) is 4.67. The fraction of sp³-hybridized carbons (Fsp3) is 0.524. The first-order valence-corrected chi connectivity index (χ1v) is 9.09. The average Bonchev–Trinajstić information content (AvgIpc) is 3.00. The van der Waals surface area contributed by atoms with Crippen LogP contribution in [0.1, 0.15) is 61.5 Å². The second-order valence-electron chi connectivity index (χ2n) is 7.53. The standard InChI is InChI=1S/C21H27NO/c1-16-7-8-19(23-16)15-22-20-11-14-21(20)12-9-18(10-13-21)17-5-3-2-4-6-17/h2-8,18,20,22H,9-15H2,1H3/t18?,20-,21?/m0/s1. The summed E-state index contributed by atoms with van der Waals surface area (Å²) in [5, 5.41) is 3.77. The zero-order valence-corrected chi connectivity index (χ0v) is 14.1. The summed E-state index contributed by atoms with van der Waals surface area (Å²) in [5.41, 5.74) is 2.10. The molecule has 2 aliphatic rings. The second-order valence-corrected chi connectivity index (χ2v) is 7.53. The van der Waals surface area contributed by atoms with Gasteiger partial charge in [0.25, 0.3) is 0 Å². The number of furan rings is 1. The molecule has 2 aliphatic carbocycles. The number of hydrogen-bond donors (Lipinski definition) is 1. The van der Waals surface area contributed by atoms with E-state index in [-0.39, 0.29) is 0 Å². The van der Waals surface area contributed by atoms with Crippen LogP contribution >= 0.6 is 0 Å². The van der Waals surface area contributed by atoms with E-state index in [0.717, 1.165) is 24.0 Å². The summed E-state index contributed by atoms with van der Waals surface area (Å²) in [5.74, 6) is 2.85. The third-order valence-corrected chi connectivity index (χ3v) is 6.24. The number of nitrogens with one attached hydrogen (secondary N) is 1. The van der Waals surface area contributed by atoms with Crippen LogP contribution in [0.2, 0.25) is 0 Å². The summed E-state index contributed by atoms with van der Waals surface area (Å²) in [4.78, 5) is 0. The molecule has 0 radical (unpaired) electrons. The first kappa shape index (κ1) is 15.0. The van der Waals surface area contributed by atoms with Crippen molar-refractivity contribution in [3.63, 3.8) is 0 Å². The van der Waals surface area contributed by atoms with Crippen molar-refractivity contribution in [2.75, 3.05) is 0 Å². The van der Waals surface area contributed by atoms with Crippen molar-refractivity contribution in [3.8, 4) is 0 Å². The van der Waals surface area contributed by atoms with Gasteiger partial charge in [-0.3, -0.25) is 0 Å². The van der Waals surface area contributed by atoms with E-state index < -0.39 is 0 Å². The molecule has 1 atom stereocenters. The average molecular weight is 309 g/mol. The number of hydrogen-bond acceptors (Lipinski definition) is 2. The Labute approximate surface area is 139 Å². The molecule has 0 amide bonds. The molecule has 2 heteroatoms. The van der Waals surface area contributed by atoms with Crippen LogP contribution in [-0.4, -0.2) is 6.04 Å². The molecule has 2 fully saturated rings. The minimum absolute atomic E-state index is 0.562. The normalized spacial score (nSPS) is 30.3. The van der Waals surface area contributed by atoms with E-state index in [2.05, 4.69) is 47.8 Å². The van der Waals surface area contributed by atoms with Crippen LogP contribution in [0.4, 0.5) is 0 Å². The first-order chi connectivity index (χ1) is 11.3. The molecule has 1 aromatic heterocycles. The van der Waals surface area contributed by atoms with Crippen LogP contribution in [0.15, 0.2) is 46.9 Å². The lowest BCUT2D eigenvalue weighted by atomic mass is 9.55. The van der Waals surface area contributed by atoms with Gasteiger partial charge in [-0.2, -0.15) is 0 Å². The molecule has 2 nitrogen and oxygen atoms in total. The monoisotopic (exact) mass is 309 g/mol. The molecule has 2 aromatic rings. The molecule has 2 saturated carbocycles. The highest BCUT2D eigenvalue weighted by molar-refractivity contribution is 5.21. The number of rotatable bonds is 4. The highest BCUT2D eigenvalue weighted by atomic mass is 16.3. The lowest BCUT2D eigenvalue weighted by Gasteiger charge is -2.54. The molecular formula is C21H27NO. The molecular weight excluding hydrogens is 282 g/mol. The quantitative estimate of drug-likeness (QED) is 0.841. The van der Waals surface area contributed by atoms with Gasteiger partial charge in [-0.15, -0.1) is 0 Å². The van der Waals surface area contributed by atoms with Gasteiger partial charge in [-0.05, 0) is 74.5 Å². The Morgan fingerprint density at radius 2 is 1.74 bits per heavy atom. The van der Waals surface area contributed by atoms with Crippen molar-refractivity contribution < 1.29 is 4.42 Å². The van der Waals surface area contributed by atoms with Crippen LogP contribution in [0.5, 0.6) is 0 Å². The predicted octanol–water partition coefficient (Wildman–Crippen LogP) is 5.18. The lowest BCUT2D eigenvalue weighted by molar-refractivity contribution is 0.0155. The van der Waals surface area contributed by atoms with Gasteiger partial charge < -0.3 is 9.73 Å². The highest BCUT2D eigenvalue weighted by Gasteiger charge is 2.48. The predicted molar refractivity (Wildman–Crippen MR) is 93.4 cm³/mol. The van der Waals surface area contributed by atoms with E-state index in [1.807, 2.05) is 6.92 Å². The van der Waals surface area contributed by atoms with Gasteiger partial charge in [0.05, 0.1) is 6.54 Å². The van der Waals surface area contributed by atoms with Crippen molar-refractivity contribution in [2.24, 2.45) is 5.41 Å². The zero-order chi connectivity index (χ0) is 15.7. The minimum atomic E-state index is 0.562. The Morgan fingerprint density at radius 1 is 1.00 bits per heavy atom. The van der Waals surface area contributed by atoms with Crippen LogP contribution in [-0.2, 0) is 6.54 Å². The molecule has 0 bridgehead atoms. The van der Waals surface area contributed by atoms with Crippen LogP contribution in [0.25, 0.3) is 0 Å². The Morgan fingerprint density at radius 3 is 2.35 bits per heavy atom. The molecule has 1 heterocycles. The van der Waals surface area contributed by atoms with E-state index in [9.17, 15) is 0 Å². The van der Waals surface area contributed by atoms with Gasteiger partial charge in [-0.25, -0.2) is 0 Å². The summed E-state index contributed by atoms with van der Waals surface area (Å²) in [7, 11) is 0. The lowest BCUT2D eigenvalue weighted by Crippen LogP contribution is -2.54. The van der Waals surface area contributed by atoms with Crippen molar-refractivity contribution in [1.82, 2.24) is 5.32 Å². The zero-order valence-electron chi connectivity index (χ0n) is 14.1. The summed E-state index contributed by atoms with van der Waals surface area (Å²) >= 11 is 0. The van der Waals surface area contributed by atoms with Gasteiger partial charge in [0.1, 0.15) is 11.5 Å². The molecule has 122 valence electrons. The third-order valence-electron chi connectivity index (χ3n) is 6.24. The summed E-state index contributed by atoms with van der Waals surface area (Å²) < 4.78 is 5.69. The molecule has 1 aromatic carbocycles. The Bertz CT molecular complexity index is 637. The summed E-state index contributed by atoms with van der Waals surface area (Å²) in [6.07, 6.45) is 8.19. The number of aryl methyl sites for hydroxylation is 1. The molecule has 0 unspecified atom stereocenters. The molecule has 0 saturated heterocycles. The molecule has 1 spiro atoms. The van der Waals surface area contributed by atoms with Crippen molar-refractivity contribution >= 4 is 0 Å². The van der Waals surface area contributed by atoms with Crippen LogP contribution < -0.4 is 5.32 Å². The largest absolute Gasteiger partial charge is 0.465 e. The van der Waals surface area contributed by atoms with E-state index in [1.54, 1.807) is 0 Å². The van der Waals surface area contributed by atoms with E-state index in [1.165, 1.54) is 44.1 Å². The van der Waals surface area contributed by atoms with E-state index >= 15 is 0 Å². The fourth-order valence-electron chi connectivity index (χ4n) is 4.67. The van der Waals surface area contributed by atoms with Crippen molar-refractivity contribution in [1.29, 1.82) is 0 Å². The second kappa shape index (κ2) is 6.16. The van der Waals surface area contributed by atoms with Gasteiger partial charge in [-0.1, -0.05) is 30.3 Å². The third kappa shape index (κ3) is 2.97. The number of benzene rings is 1. The Kier molecular flexibility index (Phi) is 4.02. The van der Waals surface area contributed by atoms with Gasteiger partial charge >= 0.3 is 0 Å². The Balaban J connectivity index is 1.33. The van der Waals surface area contributed by atoms with Gasteiger partial charge in [0.15, 0.2) is 0 Å². The maximum Gasteiger partial charge on any atom is 0.117 e. The highest BCUT2D eigenvalue weighted by Crippen LogP contribution is 2.54. The van der Waals surface area contributed by atoms with E-state index in [0.29, 0.717) is 11.5 Å². The summed E-state index contributed by atoms with van der Waals surface area (Å²) in [6.45, 7) is 2.89. The minimum Gasteiger partial charge on any atom is -0.465 e. The SMILES string of the molecule is Cc1ccc(CN[C@H]2CCC23CCC(c2ccccc2)CC3)o1. The maximum absolute atomic E-state index is 5.69. The van der Waals surface area contributed by atoms with Crippen molar-refractivity contribution in [2.45, 2.75) is 64.0 Å². The van der Waals surface area contributed by atoms with E-state index in [4.69, 9.17) is 4.42 Å². The molecule has 4 rings (SSSR count). The maximum atomic E-state index is 5.69. The molecule has 23 heavy (non-hydrogen) atoms. The smallest absolute Gasteiger partial charge is 0.117 e. The molecule has 1 N–H and O–H groups in total. The summed E-state index contributed by atoms with van der Waals surface area (Å²) in [6, 6.07) is 15.9. The first-order valence-electron chi connectivity index (χ1n) is 9.09.